The zero-order valence-electron chi connectivity index (χ0n) is 8.69. The van der Waals surface area contributed by atoms with Crippen LogP contribution >= 0.6 is 0 Å². The number of H-pyrrole nitrogens is 1. The van der Waals surface area contributed by atoms with Crippen molar-refractivity contribution >= 4 is 27.7 Å². The van der Waals surface area contributed by atoms with Crippen LogP contribution in [-0.2, 0) is 22.0 Å². The monoisotopic (exact) mass is 237 g/mol. The largest absolute Gasteiger partial charge is 0.481 e. The number of carboxylic acid groups (broad SMARTS) is 1. The standard InChI is InChI=1S/C11H11NO3S/c1-16(15)8-2-3-10-9(5-8)7(6-12-10)4-11(13)14/h2-3,5-6,12H,4H2,1H3,(H,13,14). The number of aromatic amines is 1. The van der Waals surface area contributed by atoms with E-state index in [0.29, 0.717) is 4.90 Å². The Labute approximate surface area is 94.7 Å². The van der Waals surface area contributed by atoms with Crippen LogP contribution in [0.15, 0.2) is 29.3 Å². The second kappa shape index (κ2) is 4.09. The Morgan fingerprint density at radius 1 is 1.50 bits per heavy atom. The molecule has 0 aliphatic carbocycles. The van der Waals surface area contributed by atoms with Crippen LogP contribution in [0.4, 0.5) is 0 Å². The fourth-order valence-corrected chi connectivity index (χ4v) is 2.19. The highest BCUT2D eigenvalue weighted by Crippen LogP contribution is 2.21. The van der Waals surface area contributed by atoms with E-state index in [1.807, 2.05) is 6.07 Å². The summed E-state index contributed by atoms with van der Waals surface area (Å²) in [4.78, 5) is 14.4. The Morgan fingerprint density at radius 2 is 2.25 bits per heavy atom. The molecule has 5 heteroatoms. The summed E-state index contributed by atoms with van der Waals surface area (Å²) in [7, 11) is -1.05. The SMILES string of the molecule is CS(=O)c1ccc2[nH]cc(CC(=O)O)c2c1. The van der Waals surface area contributed by atoms with Gasteiger partial charge in [0, 0.05) is 39.1 Å². The molecule has 2 N–H and O–H groups in total. The number of benzene rings is 1. The maximum Gasteiger partial charge on any atom is 0.307 e. The Morgan fingerprint density at radius 3 is 2.88 bits per heavy atom. The minimum Gasteiger partial charge on any atom is -0.481 e. The minimum absolute atomic E-state index is 0.0280. The Kier molecular flexibility index (Phi) is 2.78. The van der Waals surface area contributed by atoms with Gasteiger partial charge < -0.3 is 10.1 Å². The van der Waals surface area contributed by atoms with E-state index in [0.717, 1.165) is 16.5 Å². The van der Waals surface area contributed by atoms with E-state index in [1.165, 1.54) is 0 Å². The van der Waals surface area contributed by atoms with Gasteiger partial charge in [-0.05, 0) is 23.8 Å². The van der Waals surface area contributed by atoms with Gasteiger partial charge in [-0.3, -0.25) is 9.00 Å². The number of hydrogen-bond donors (Lipinski definition) is 2. The summed E-state index contributed by atoms with van der Waals surface area (Å²) < 4.78 is 11.3. The van der Waals surface area contributed by atoms with E-state index in [9.17, 15) is 9.00 Å². The van der Waals surface area contributed by atoms with Crippen molar-refractivity contribution in [3.8, 4) is 0 Å². The molecule has 0 fully saturated rings. The maximum absolute atomic E-state index is 11.3. The van der Waals surface area contributed by atoms with Crippen molar-refractivity contribution in [2.24, 2.45) is 0 Å². The molecule has 0 bridgehead atoms. The number of rotatable bonds is 3. The van der Waals surface area contributed by atoms with E-state index < -0.39 is 16.8 Å². The molecule has 0 radical (unpaired) electrons. The highest BCUT2D eigenvalue weighted by atomic mass is 32.2. The molecule has 16 heavy (non-hydrogen) atoms. The molecule has 1 aromatic heterocycles. The number of aromatic nitrogens is 1. The van der Waals surface area contributed by atoms with Gasteiger partial charge in [0.15, 0.2) is 0 Å². The van der Waals surface area contributed by atoms with Crippen molar-refractivity contribution in [1.82, 2.24) is 4.98 Å². The summed E-state index contributed by atoms with van der Waals surface area (Å²) in [6.45, 7) is 0. The summed E-state index contributed by atoms with van der Waals surface area (Å²) in [5, 5.41) is 9.58. The average molecular weight is 237 g/mol. The van der Waals surface area contributed by atoms with Crippen molar-refractivity contribution in [2.45, 2.75) is 11.3 Å². The van der Waals surface area contributed by atoms with Crippen LogP contribution in [-0.4, -0.2) is 26.5 Å². The van der Waals surface area contributed by atoms with Crippen LogP contribution in [0.3, 0.4) is 0 Å². The molecule has 2 rings (SSSR count). The van der Waals surface area contributed by atoms with Crippen LogP contribution in [0.2, 0.25) is 0 Å². The second-order valence-corrected chi connectivity index (χ2v) is 4.93. The molecule has 0 saturated heterocycles. The fraction of sp³-hybridized carbons (Fsp3) is 0.182. The molecule has 0 aliphatic heterocycles. The van der Waals surface area contributed by atoms with Gasteiger partial charge in [0.2, 0.25) is 0 Å². The first-order chi connectivity index (χ1) is 7.58. The molecule has 1 atom stereocenters. The van der Waals surface area contributed by atoms with E-state index in [1.54, 1.807) is 24.6 Å². The van der Waals surface area contributed by atoms with Gasteiger partial charge in [0.05, 0.1) is 6.42 Å². The lowest BCUT2D eigenvalue weighted by atomic mass is 10.1. The van der Waals surface area contributed by atoms with E-state index in [2.05, 4.69) is 4.98 Å². The van der Waals surface area contributed by atoms with E-state index >= 15 is 0 Å². The van der Waals surface area contributed by atoms with E-state index in [4.69, 9.17) is 5.11 Å². The lowest BCUT2D eigenvalue weighted by Crippen LogP contribution is -1.99. The third-order valence-corrected chi connectivity index (χ3v) is 3.33. The number of carbonyl (C=O) groups is 1. The number of carboxylic acids is 1. The van der Waals surface area contributed by atoms with Gasteiger partial charge in [-0.1, -0.05) is 0 Å². The number of nitrogens with one attached hydrogen (secondary N) is 1. The Balaban J connectivity index is 2.55. The van der Waals surface area contributed by atoms with Crippen molar-refractivity contribution in [3.63, 3.8) is 0 Å². The summed E-state index contributed by atoms with van der Waals surface area (Å²) in [6.07, 6.45) is 3.26. The van der Waals surface area contributed by atoms with Crippen molar-refractivity contribution < 1.29 is 14.1 Å². The molecule has 0 spiro atoms. The third-order valence-electron chi connectivity index (χ3n) is 2.41. The first-order valence-corrected chi connectivity index (χ1v) is 6.29. The van der Waals surface area contributed by atoms with Crippen molar-refractivity contribution in [3.05, 3.63) is 30.0 Å². The molecule has 0 amide bonds. The van der Waals surface area contributed by atoms with E-state index in [-0.39, 0.29) is 6.42 Å². The van der Waals surface area contributed by atoms with Crippen LogP contribution in [0.25, 0.3) is 10.9 Å². The lowest BCUT2D eigenvalue weighted by Gasteiger charge is -1.98. The predicted octanol–water partition coefficient (Wildman–Crippen LogP) is 1.53. The van der Waals surface area contributed by atoms with Crippen LogP contribution in [0.1, 0.15) is 5.56 Å². The highest BCUT2D eigenvalue weighted by Gasteiger charge is 2.09. The first kappa shape index (κ1) is 10.9. The maximum atomic E-state index is 11.3. The smallest absolute Gasteiger partial charge is 0.307 e. The van der Waals surface area contributed by atoms with Gasteiger partial charge in [-0.15, -0.1) is 0 Å². The molecule has 1 heterocycles. The number of aliphatic carboxylic acids is 1. The molecule has 1 unspecified atom stereocenters. The number of fused-ring (bicyclic) bond motifs is 1. The zero-order valence-corrected chi connectivity index (χ0v) is 9.50. The van der Waals surface area contributed by atoms with Crippen molar-refractivity contribution in [2.75, 3.05) is 6.26 Å². The Hall–Kier alpha value is -1.62. The molecular weight excluding hydrogens is 226 g/mol. The molecular formula is C11H11NO3S. The molecule has 2 aromatic rings. The quantitative estimate of drug-likeness (QED) is 0.850. The average Bonchev–Trinajstić information content (AvgIpc) is 2.60. The van der Waals surface area contributed by atoms with Gasteiger partial charge in [-0.25, -0.2) is 0 Å². The summed E-state index contributed by atoms with van der Waals surface area (Å²) >= 11 is 0. The topological polar surface area (TPSA) is 70.2 Å². The van der Waals surface area contributed by atoms with Gasteiger partial charge in [0.25, 0.3) is 0 Å². The first-order valence-electron chi connectivity index (χ1n) is 4.73. The second-order valence-electron chi connectivity index (χ2n) is 3.55. The predicted molar refractivity (Wildman–Crippen MR) is 62.0 cm³/mol. The molecule has 0 aliphatic rings. The normalized spacial score (nSPS) is 12.8. The highest BCUT2D eigenvalue weighted by molar-refractivity contribution is 7.84. The van der Waals surface area contributed by atoms with Gasteiger partial charge in [-0.2, -0.15) is 0 Å². The van der Waals surface area contributed by atoms with Gasteiger partial charge in [0.1, 0.15) is 0 Å². The summed E-state index contributed by atoms with van der Waals surface area (Å²) in [6, 6.07) is 5.37. The molecule has 4 nitrogen and oxygen atoms in total. The third kappa shape index (κ3) is 1.99. The fourth-order valence-electron chi connectivity index (χ4n) is 1.65. The molecule has 1 aromatic carbocycles. The van der Waals surface area contributed by atoms with Crippen molar-refractivity contribution in [1.29, 1.82) is 0 Å². The number of hydrogen-bond acceptors (Lipinski definition) is 2. The zero-order chi connectivity index (χ0) is 11.7. The van der Waals surface area contributed by atoms with Crippen LogP contribution in [0.5, 0.6) is 0 Å². The molecule has 0 saturated carbocycles. The molecule has 84 valence electrons. The minimum atomic E-state index is -1.05. The Bertz CT molecular complexity index is 574. The van der Waals surface area contributed by atoms with Crippen LogP contribution in [0, 0.1) is 0 Å². The summed E-state index contributed by atoms with van der Waals surface area (Å²) in [5.41, 5.74) is 1.58. The van der Waals surface area contributed by atoms with Crippen LogP contribution < -0.4 is 0 Å². The lowest BCUT2D eigenvalue weighted by molar-refractivity contribution is -0.136. The van der Waals surface area contributed by atoms with Gasteiger partial charge >= 0.3 is 5.97 Å². The summed E-state index contributed by atoms with van der Waals surface area (Å²) in [5.74, 6) is -0.871.